The highest BCUT2D eigenvalue weighted by Gasteiger charge is 2.31. The van der Waals surface area contributed by atoms with Crippen molar-refractivity contribution in [3.8, 4) is 5.75 Å². The van der Waals surface area contributed by atoms with Crippen molar-refractivity contribution in [2.75, 3.05) is 0 Å². The van der Waals surface area contributed by atoms with E-state index in [1.165, 1.54) is 12.1 Å². The summed E-state index contributed by atoms with van der Waals surface area (Å²) in [6.45, 7) is 1.93. The van der Waals surface area contributed by atoms with Gasteiger partial charge in [0, 0.05) is 4.83 Å². The van der Waals surface area contributed by atoms with Crippen LogP contribution < -0.4 is 4.74 Å². The van der Waals surface area contributed by atoms with Crippen LogP contribution in [0.15, 0.2) is 24.3 Å². The van der Waals surface area contributed by atoms with E-state index in [9.17, 15) is 13.2 Å². The molecule has 0 radical (unpaired) electrons. The van der Waals surface area contributed by atoms with Gasteiger partial charge in [0.1, 0.15) is 5.75 Å². The standard InChI is InChI=1S/C10H10BrF3O/c1-7(11)5-8-3-2-4-9(6-8)15-10(12,13)14/h2-4,6-7H,5H2,1H3. The quantitative estimate of drug-likeness (QED) is 0.764. The van der Waals surface area contributed by atoms with Crippen molar-refractivity contribution in [3.63, 3.8) is 0 Å². The van der Waals surface area contributed by atoms with Gasteiger partial charge in [0.05, 0.1) is 0 Å². The molecule has 0 heterocycles. The molecule has 0 saturated heterocycles. The molecule has 0 spiro atoms. The zero-order chi connectivity index (χ0) is 11.5. The Morgan fingerprint density at radius 2 is 2.07 bits per heavy atom. The first-order chi connectivity index (χ1) is 6.87. The Bertz CT molecular complexity index is 323. The number of halogens is 4. The maximum absolute atomic E-state index is 11.9. The smallest absolute Gasteiger partial charge is 0.406 e. The average molecular weight is 283 g/mol. The summed E-state index contributed by atoms with van der Waals surface area (Å²) in [4.78, 5) is 0.221. The third-order valence-corrected chi connectivity index (χ3v) is 1.97. The molecule has 15 heavy (non-hydrogen) atoms. The Balaban J connectivity index is 2.74. The van der Waals surface area contributed by atoms with E-state index in [4.69, 9.17) is 0 Å². The molecule has 0 bridgehead atoms. The van der Waals surface area contributed by atoms with Crippen LogP contribution in [-0.4, -0.2) is 11.2 Å². The van der Waals surface area contributed by atoms with E-state index in [0.717, 1.165) is 5.56 Å². The summed E-state index contributed by atoms with van der Waals surface area (Å²) in [5.74, 6) is -0.173. The van der Waals surface area contributed by atoms with Crippen molar-refractivity contribution in [2.45, 2.75) is 24.5 Å². The van der Waals surface area contributed by atoms with Gasteiger partial charge in [-0.1, -0.05) is 35.0 Å². The maximum atomic E-state index is 11.9. The Labute approximate surface area is 94.4 Å². The highest BCUT2D eigenvalue weighted by molar-refractivity contribution is 9.09. The van der Waals surface area contributed by atoms with Gasteiger partial charge in [0.15, 0.2) is 0 Å². The zero-order valence-electron chi connectivity index (χ0n) is 8.01. The van der Waals surface area contributed by atoms with Crippen LogP contribution in [0.2, 0.25) is 0 Å². The van der Waals surface area contributed by atoms with E-state index in [2.05, 4.69) is 20.7 Å². The van der Waals surface area contributed by atoms with Gasteiger partial charge in [-0.15, -0.1) is 13.2 Å². The van der Waals surface area contributed by atoms with Crippen molar-refractivity contribution in [1.82, 2.24) is 0 Å². The largest absolute Gasteiger partial charge is 0.573 e. The van der Waals surface area contributed by atoms with Gasteiger partial charge in [-0.25, -0.2) is 0 Å². The van der Waals surface area contributed by atoms with Gasteiger partial charge in [-0.2, -0.15) is 0 Å². The molecular formula is C10H10BrF3O. The van der Waals surface area contributed by atoms with Gasteiger partial charge in [0.25, 0.3) is 0 Å². The number of hydrogen-bond donors (Lipinski definition) is 0. The fourth-order valence-corrected chi connectivity index (χ4v) is 1.57. The number of hydrogen-bond acceptors (Lipinski definition) is 1. The molecule has 0 aliphatic heterocycles. The first kappa shape index (κ1) is 12.4. The van der Waals surface area contributed by atoms with Crippen LogP contribution in [0, 0.1) is 0 Å². The van der Waals surface area contributed by atoms with Gasteiger partial charge < -0.3 is 4.74 Å². The molecule has 84 valence electrons. The molecular weight excluding hydrogens is 273 g/mol. The predicted octanol–water partition coefficient (Wildman–Crippen LogP) is 3.91. The van der Waals surface area contributed by atoms with Crippen LogP contribution in [0.1, 0.15) is 12.5 Å². The minimum absolute atomic E-state index is 0.173. The molecule has 5 heteroatoms. The minimum atomic E-state index is -4.63. The molecule has 1 rings (SSSR count). The number of benzene rings is 1. The second kappa shape index (κ2) is 4.88. The first-order valence-corrected chi connectivity index (χ1v) is 5.27. The van der Waals surface area contributed by atoms with Gasteiger partial charge in [0.2, 0.25) is 0 Å². The van der Waals surface area contributed by atoms with Crippen molar-refractivity contribution in [2.24, 2.45) is 0 Å². The van der Waals surface area contributed by atoms with Gasteiger partial charge in [-0.05, 0) is 24.1 Å². The van der Waals surface area contributed by atoms with Gasteiger partial charge >= 0.3 is 6.36 Å². The molecule has 1 atom stereocenters. The summed E-state index contributed by atoms with van der Waals surface area (Å²) >= 11 is 3.33. The Hall–Kier alpha value is -0.710. The molecule has 1 unspecified atom stereocenters. The fraction of sp³-hybridized carbons (Fsp3) is 0.400. The normalized spacial score (nSPS) is 13.7. The summed E-state index contributed by atoms with van der Waals surface area (Å²) in [5.41, 5.74) is 0.807. The molecule has 0 N–H and O–H groups in total. The Morgan fingerprint density at radius 3 is 2.60 bits per heavy atom. The van der Waals surface area contributed by atoms with Crippen LogP contribution >= 0.6 is 15.9 Å². The van der Waals surface area contributed by atoms with Crippen LogP contribution in [0.25, 0.3) is 0 Å². The van der Waals surface area contributed by atoms with Crippen molar-refractivity contribution < 1.29 is 17.9 Å². The lowest BCUT2D eigenvalue weighted by Gasteiger charge is -2.10. The second-order valence-electron chi connectivity index (χ2n) is 3.18. The number of rotatable bonds is 3. The molecule has 1 aromatic carbocycles. The lowest BCUT2D eigenvalue weighted by atomic mass is 10.1. The second-order valence-corrected chi connectivity index (χ2v) is 4.74. The molecule has 0 aliphatic rings. The highest BCUT2D eigenvalue weighted by Crippen LogP contribution is 2.24. The van der Waals surface area contributed by atoms with Crippen molar-refractivity contribution >= 4 is 15.9 Å². The van der Waals surface area contributed by atoms with Crippen LogP contribution in [-0.2, 0) is 6.42 Å². The van der Waals surface area contributed by atoms with Crippen molar-refractivity contribution in [1.29, 1.82) is 0 Å². The third kappa shape index (κ3) is 5.06. The SMILES string of the molecule is CC(Br)Cc1cccc(OC(F)(F)F)c1. The molecule has 1 nitrogen and oxygen atoms in total. The molecule has 0 amide bonds. The summed E-state index contributed by atoms with van der Waals surface area (Å²) < 4.78 is 39.5. The number of alkyl halides is 4. The van der Waals surface area contributed by atoms with E-state index >= 15 is 0 Å². The fourth-order valence-electron chi connectivity index (χ4n) is 1.19. The van der Waals surface area contributed by atoms with E-state index in [-0.39, 0.29) is 10.6 Å². The van der Waals surface area contributed by atoms with E-state index in [1.807, 2.05) is 6.92 Å². The van der Waals surface area contributed by atoms with Gasteiger partial charge in [-0.3, -0.25) is 0 Å². The van der Waals surface area contributed by atoms with Crippen LogP contribution in [0.5, 0.6) is 5.75 Å². The predicted molar refractivity (Wildman–Crippen MR) is 55.2 cm³/mol. The molecule has 0 aliphatic carbocycles. The molecule has 1 aromatic rings. The third-order valence-electron chi connectivity index (χ3n) is 1.65. The van der Waals surface area contributed by atoms with Crippen LogP contribution in [0.4, 0.5) is 13.2 Å². The minimum Gasteiger partial charge on any atom is -0.406 e. The highest BCUT2D eigenvalue weighted by atomic mass is 79.9. The molecule has 0 aromatic heterocycles. The summed E-state index contributed by atoms with van der Waals surface area (Å²) in [5, 5.41) is 0. The first-order valence-electron chi connectivity index (χ1n) is 4.35. The van der Waals surface area contributed by atoms with Crippen molar-refractivity contribution in [3.05, 3.63) is 29.8 Å². The summed E-state index contributed by atoms with van der Waals surface area (Å²) in [7, 11) is 0. The van der Waals surface area contributed by atoms with E-state index < -0.39 is 6.36 Å². The van der Waals surface area contributed by atoms with E-state index in [0.29, 0.717) is 6.42 Å². The molecule has 0 saturated carbocycles. The summed E-state index contributed by atoms with van der Waals surface area (Å²) in [6.07, 6.45) is -3.96. The lowest BCUT2D eigenvalue weighted by molar-refractivity contribution is -0.274. The topological polar surface area (TPSA) is 9.23 Å². The Morgan fingerprint density at radius 1 is 1.40 bits per heavy atom. The summed E-state index contributed by atoms with van der Waals surface area (Å²) in [6, 6.07) is 5.99. The monoisotopic (exact) mass is 282 g/mol. The molecule has 0 fully saturated rings. The number of ether oxygens (including phenoxy) is 1. The maximum Gasteiger partial charge on any atom is 0.573 e. The van der Waals surface area contributed by atoms with E-state index in [1.54, 1.807) is 12.1 Å². The zero-order valence-corrected chi connectivity index (χ0v) is 9.60. The Kier molecular flexibility index (Phi) is 4.02. The van der Waals surface area contributed by atoms with Crippen LogP contribution in [0.3, 0.4) is 0 Å². The average Bonchev–Trinajstić information content (AvgIpc) is 1.99. The lowest BCUT2D eigenvalue weighted by Crippen LogP contribution is -2.17.